The van der Waals surface area contributed by atoms with Crippen molar-refractivity contribution in [3.05, 3.63) is 59.4 Å². The molecule has 1 saturated heterocycles. The lowest BCUT2D eigenvalue weighted by Gasteiger charge is -2.14. The van der Waals surface area contributed by atoms with Crippen LogP contribution in [0.3, 0.4) is 0 Å². The molecule has 0 saturated carbocycles. The summed E-state index contributed by atoms with van der Waals surface area (Å²) >= 11 is 5.84. The molecule has 1 aromatic heterocycles. The zero-order chi connectivity index (χ0) is 15.5. The van der Waals surface area contributed by atoms with Crippen molar-refractivity contribution < 1.29 is 14.9 Å². The molecule has 2 amide bonds. The van der Waals surface area contributed by atoms with Crippen molar-refractivity contribution in [2.75, 3.05) is 4.90 Å². The van der Waals surface area contributed by atoms with Crippen LogP contribution in [0.2, 0.25) is 5.02 Å². The van der Waals surface area contributed by atoms with Gasteiger partial charge in [-0.05, 0) is 30.3 Å². The van der Waals surface area contributed by atoms with E-state index in [1.54, 1.807) is 36.7 Å². The summed E-state index contributed by atoms with van der Waals surface area (Å²) < 4.78 is 0. The van der Waals surface area contributed by atoms with E-state index in [4.69, 9.17) is 11.6 Å². The summed E-state index contributed by atoms with van der Waals surface area (Å²) in [6.45, 7) is 0.617. The Morgan fingerprint density at radius 2 is 2.00 bits per heavy atom. The molecule has 3 rings (SSSR count). The topological polar surface area (TPSA) is 66.9 Å². The van der Waals surface area contributed by atoms with E-state index in [1.165, 1.54) is 4.90 Å². The molecule has 2 heterocycles. The van der Waals surface area contributed by atoms with Crippen LogP contribution in [0.4, 0.5) is 5.69 Å². The third-order valence-electron chi connectivity index (χ3n) is 3.63. The van der Waals surface area contributed by atoms with E-state index in [0.29, 0.717) is 17.3 Å². The van der Waals surface area contributed by atoms with Gasteiger partial charge in [0.2, 0.25) is 5.91 Å². The Morgan fingerprint density at radius 1 is 1.23 bits per heavy atom. The number of nitrogens with zero attached hydrogens (tertiary/aromatic N) is 2. The minimum atomic E-state index is -0.386. The van der Waals surface area contributed by atoms with Crippen molar-refractivity contribution in [1.82, 2.24) is 4.98 Å². The molecule has 0 unspecified atom stereocenters. The van der Waals surface area contributed by atoms with Gasteiger partial charge in [-0.1, -0.05) is 17.7 Å². The largest absolute Gasteiger partial charge is 0.332 e. The van der Waals surface area contributed by atoms with Crippen LogP contribution in [-0.2, 0) is 16.1 Å². The summed E-state index contributed by atoms with van der Waals surface area (Å²) in [5.74, 6) is -0.365. The van der Waals surface area contributed by atoms with Crippen molar-refractivity contribution in [2.24, 2.45) is 0 Å². The van der Waals surface area contributed by atoms with Crippen molar-refractivity contribution >= 4 is 29.1 Å². The van der Waals surface area contributed by atoms with E-state index in [0.717, 1.165) is 5.56 Å². The highest BCUT2D eigenvalue weighted by Gasteiger charge is 2.42. The number of nitrogens with two attached hydrogens (primary N) is 1. The fourth-order valence-electron chi connectivity index (χ4n) is 2.50. The smallest absolute Gasteiger partial charge is 0.292 e. The van der Waals surface area contributed by atoms with Crippen LogP contribution in [-0.4, -0.2) is 22.8 Å². The first-order valence-electron chi connectivity index (χ1n) is 7.00. The molecule has 0 aliphatic carbocycles. The molecular weight excluding hydrogens is 302 g/mol. The molecule has 22 heavy (non-hydrogen) atoms. The first-order chi connectivity index (χ1) is 10.6. The van der Waals surface area contributed by atoms with Crippen LogP contribution in [0.25, 0.3) is 0 Å². The third-order valence-corrected chi connectivity index (χ3v) is 3.88. The lowest BCUT2D eigenvalue weighted by atomic mass is 10.2. The van der Waals surface area contributed by atoms with E-state index in [1.807, 2.05) is 17.4 Å². The van der Waals surface area contributed by atoms with Crippen molar-refractivity contribution in [3.8, 4) is 0 Å². The highest BCUT2D eigenvalue weighted by molar-refractivity contribution is 6.30. The Kier molecular flexibility index (Phi) is 4.18. The maximum atomic E-state index is 12.4. The molecule has 0 spiro atoms. The van der Waals surface area contributed by atoms with Crippen LogP contribution in [0.1, 0.15) is 12.0 Å². The van der Waals surface area contributed by atoms with E-state index in [-0.39, 0.29) is 24.3 Å². The molecule has 1 atom stereocenters. The number of anilines is 1. The summed E-state index contributed by atoms with van der Waals surface area (Å²) in [6.07, 6.45) is 3.67. The molecule has 1 fully saturated rings. The fraction of sp³-hybridized carbons (Fsp3) is 0.188. The number of quaternary nitrogens is 1. The van der Waals surface area contributed by atoms with Gasteiger partial charge in [0, 0.05) is 23.0 Å². The molecule has 5 nitrogen and oxygen atoms in total. The Morgan fingerprint density at radius 3 is 2.68 bits per heavy atom. The van der Waals surface area contributed by atoms with Gasteiger partial charge >= 0.3 is 0 Å². The Bertz CT molecular complexity index is 688. The molecule has 112 valence electrons. The lowest BCUT2D eigenvalue weighted by molar-refractivity contribution is -0.690. The van der Waals surface area contributed by atoms with Gasteiger partial charge < -0.3 is 5.32 Å². The van der Waals surface area contributed by atoms with Crippen molar-refractivity contribution in [1.29, 1.82) is 0 Å². The summed E-state index contributed by atoms with van der Waals surface area (Å²) in [6, 6.07) is 10.1. The Labute approximate surface area is 132 Å². The van der Waals surface area contributed by atoms with Gasteiger partial charge in [0.05, 0.1) is 12.1 Å². The number of hydrogen-bond acceptors (Lipinski definition) is 3. The molecule has 2 N–H and O–H groups in total. The monoisotopic (exact) mass is 316 g/mol. The SMILES string of the molecule is O=C1C[C@H]([NH2+]Cc2cccnc2)C(=O)N1c1ccc(Cl)cc1. The third kappa shape index (κ3) is 3.00. The lowest BCUT2D eigenvalue weighted by Crippen LogP contribution is -2.90. The van der Waals surface area contributed by atoms with Gasteiger partial charge in [-0.15, -0.1) is 0 Å². The maximum absolute atomic E-state index is 12.4. The number of pyridine rings is 1. The van der Waals surface area contributed by atoms with Crippen molar-refractivity contribution in [2.45, 2.75) is 19.0 Å². The minimum absolute atomic E-state index is 0.181. The molecule has 0 bridgehead atoms. The van der Waals surface area contributed by atoms with Gasteiger partial charge in [0.15, 0.2) is 6.04 Å². The van der Waals surface area contributed by atoms with E-state index in [2.05, 4.69) is 4.98 Å². The number of amides is 2. The van der Waals surface area contributed by atoms with E-state index < -0.39 is 0 Å². The quantitative estimate of drug-likeness (QED) is 0.860. The molecule has 2 aromatic rings. The maximum Gasteiger partial charge on any atom is 0.292 e. The number of halogens is 1. The van der Waals surface area contributed by atoms with E-state index >= 15 is 0 Å². The molecule has 1 aliphatic heterocycles. The predicted octanol–water partition coefficient (Wildman–Crippen LogP) is 1.13. The second kappa shape index (κ2) is 6.25. The summed E-state index contributed by atoms with van der Waals surface area (Å²) in [7, 11) is 0. The van der Waals surface area contributed by atoms with Crippen LogP contribution < -0.4 is 10.2 Å². The standard InChI is InChI=1S/C16H14ClN3O2/c17-12-3-5-13(6-4-12)20-15(21)8-14(16(20)22)19-10-11-2-1-7-18-9-11/h1-7,9,14,19H,8,10H2/p+1/t14-/m0/s1. The van der Waals surface area contributed by atoms with Gasteiger partial charge in [0.25, 0.3) is 5.91 Å². The molecule has 6 heteroatoms. The summed E-state index contributed by atoms with van der Waals surface area (Å²) in [4.78, 5) is 29.9. The highest BCUT2D eigenvalue weighted by atomic mass is 35.5. The van der Waals surface area contributed by atoms with Gasteiger partial charge in [-0.25, -0.2) is 4.90 Å². The number of carbonyl (C=O) groups is 2. The number of rotatable bonds is 4. The first-order valence-corrected chi connectivity index (χ1v) is 7.37. The molecule has 0 radical (unpaired) electrons. The Balaban J connectivity index is 1.70. The number of hydrogen-bond donors (Lipinski definition) is 1. The zero-order valence-corrected chi connectivity index (χ0v) is 12.5. The normalized spacial score (nSPS) is 18.0. The predicted molar refractivity (Wildman–Crippen MR) is 82.2 cm³/mol. The van der Waals surface area contributed by atoms with Gasteiger partial charge in [0.1, 0.15) is 6.54 Å². The van der Waals surface area contributed by atoms with E-state index in [9.17, 15) is 9.59 Å². The van der Waals surface area contributed by atoms with Crippen LogP contribution in [0.5, 0.6) is 0 Å². The van der Waals surface area contributed by atoms with Crippen LogP contribution in [0.15, 0.2) is 48.8 Å². The second-order valence-electron chi connectivity index (χ2n) is 5.16. The fourth-order valence-corrected chi connectivity index (χ4v) is 2.62. The first kappa shape index (κ1) is 14.7. The second-order valence-corrected chi connectivity index (χ2v) is 5.59. The van der Waals surface area contributed by atoms with Crippen LogP contribution >= 0.6 is 11.6 Å². The number of imide groups is 1. The molecular formula is C16H15ClN3O2+. The average Bonchev–Trinajstić information content (AvgIpc) is 2.82. The number of aromatic nitrogens is 1. The molecule has 1 aromatic carbocycles. The number of carbonyl (C=O) groups excluding carboxylic acids is 2. The van der Waals surface area contributed by atoms with Crippen LogP contribution in [0, 0.1) is 0 Å². The summed E-state index contributed by atoms with van der Waals surface area (Å²) in [5.41, 5.74) is 1.59. The van der Waals surface area contributed by atoms with Crippen molar-refractivity contribution in [3.63, 3.8) is 0 Å². The zero-order valence-electron chi connectivity index (χ0n) is 11.8. The average molecular weight is 317 g/mol. The molecule has 1 aliphatic rings. The highest BCUT2D eigenvalue weighted by Crippen LogP contribution is 2.23. The minimum Gasteiger partial charge on any atom is -0.332 e. The van der Waals surface area contributed by atoms with Gasteiger partial charge in [-0.2, -0.15) is 0 Å². The number of benzene rings is 1. The summed E-state index contributed by atoms with van der Waals surface area (Å²) in [5, 5.41) is 2.45. The van der Waals surface area contributed by atoms with Gasteiger partial charge in [-0.3, -0.25) is 14.6 Å². The Hall–Kier alpha value is -2.24.